The molecule has 112 valence electrons. The normalized spacial score (nSPS) is 22.7. The summed E-state index contributed by atoms with van der Waals surface area (Å²) in [5, 5.41) is 3.31. The first kappa shape index (κ1) is 14.9. The lowest BCUT2D eigenvalue weighted by atomic mass is 9.93. The van der Waals surface area contributed by atoms with E-state index in [0.717, 1.165) is 42.8 Å². The van der Waals surface area contributed by atoms with Gasteiger partial charge in [-0.25, -0.2) is 9.97 Å². The predicted molar refractivity (Wildman–Crippen MR) is 82.6 cm³/mol. The van der Waals surface area contributed by atoms with Crippen LogP contribution in [0.2, 0.25) is 0 Å². The Morgan fingerprint density at radius 2 is 2.20 bits per heavy atom. The highest BCUT2D eigenvalue weighted by Crippen LogP contribution is 2.36. The van der Waals surface area contributed by atoms with Crippen molar-refractivity contribution in [2.24, 2.45) is 5.92 Å². The molecule has 0 aromatic carbocycles. The van der Waals surface area contributed by atoms with Crippen molar-refractivity contribution >= 4 is 11.6 Å². The summed E-state index contributed by atoms with van der Waals surface area (Å²) in [5.41, 5.74) is 0. The lowest BCUT2D eigenvalue weighted by molar-refractivity contribution is 0.365. The zero-order valence-corrected chi connectivity index (χ0v) is 13.0. The molecule has 0 amide bonds. The van der Waals surface area contributed by atoms with Crippen LogP contribution in [0.15, 0.2) is 6.33 Å². The molecule has 2 atom stereocenters. The smallest absolute Gasteiger partial charge is 0.204 e. The molecule has 1 aliphatic rings. The van der Waals surface area contributed by atoms with Crippen molar-refractivity contribution < 1.29 is 4.74 Å². The lowest BCUT2D eigenvalue weighted by Crippen LogP contribution is -2.41. The minimum Gasteiger partial charge on any atom is -0.490 e. The topological polar surface area (TPSA) is 50.3 Å². The molecule has 0 aliphatic carbocycles. The number of nitrogens with one attached hydrogen (secondary N) is 1. The van der Waals surface area contributed by atoms with E-state index in [0.29, 0.717) is 6.04 Å². The van der Waals surface area contributed by atoms with E-state index in [1.165, 1.54) is 12.8 Å². The molecule has 0 radical (unpaired) electrons. The number of methoxy groups -OCH3 is 1. The van der Waals surface area contributed by atoms with Gasteiger partial charge in [0.2, 0.25) is 5.75 Å². The van der Waals surface area contributed by atoms with Gasteiger partial charge in [-0.05, 0) is 32.1 Å². The molecule has 1 saturated heterocycles. The maximum atomic E-state index is 5.57. The van der Waals surface area contributed by atoms with E-state index in [9.17, 15) is 0 Å². The number of hydrogen-bond acceptors (Lipinski definition) is 5. The Morgan fingerprint density at radius 1 is 1.40 bits per heavy atom. The van der Waals surface area contributed by atoms with Crippen molar-refractivity contribution in [2.75, 3.05) is 30.4 Å². The molecule has 20 heavy (non-hydrogen) atoms. The van der Waals surface area contributed by atoms with Crippen molar-refractivity contribution in [1.82, 2.24) is 9.97 Å². The van der Waals surface area contributed by atoms with E-state index in [1.807, 2.05) is 0 Å². The van der Waals surface area contributed by atoms with Crippen LogP contribution in [0.4, 0.5) is 11.6 Å². The summed E-state index contributed by atoms with van der Waals surface area (Å²) >= 11 is 0. The second-order valence-corrected chi connectivity index (χ2v) is 5.68. The average Bonchev–Trinajstić information content (AvgIpc) is 2.44. The molecule has 1 N–H and O–H groups in total. The van der Waals surface area contributed by atoms with Crippen LogP contribution in [0.25, 0.3) is 0 Å². The molecule has 5 heteroatoms. The molecule has 1 aromatic rings. The summed E-state index contributed by atoms with van der Waals surface area (Å²) in [6.45, 7) is 8.63. The molecular weight excluding hydrogens is 252 g/mol. The van der Waals surface area contributed by atoms with Gasteiger partial charge in [-0.3, -0.25) is 0 Å². The van der Waals surface area contributed by atoms with E-state index in [4.69, 9.17) is 4.74 Å². The zero-order chi connectivity index (χ0) is 14.5. The molecule has 1 aromatic heterocycles. The van der Waals surface area contributed by atoms with Gasteiger partial charge in [0.15, 0.2) is 11.6 Å². The largest absolute Gasteiger partial charge is 0.490 e. The Kier molecular flexibility index (Phi) is 5.04. The van der Waals surface area contributed by atoms with Crippen molar-refractivity contribution in [2.45, 2.75) is 46.1 Å². The first-order valence-corrected chi connectivity index (χ1v) is 7.56. The fourth-order valence-electron chi connectivity index (χ4n) is 2.85. The molecule has 2 rings (SSSR count). The summed E-state index contributed by atoms with van der Waals surface area (Å²) in [5.74, 6) is 3.26. The van der Waals surface area contributed by atoms with Gasteiger partial charge in [0, 0.05) is 19.1 Å². The lowest BCUT2D eigenvalue weighted by Gasteiger charge is -2.38. The van der Waals surface area contributed by atoms with Crippen molar-refractivity contribution in [3.63, 3.8) is 0 Å². The van der Waals surface area contributed by atoms with E-state index in [1.54, 1.807) is 13.4 Å². The summed E-state index contributed by atoms with van der Waals surface area (Å²) in [6, 6.07) is 0.488. The van der Waals surface area contributed by atoms with Gasteiger partial charge in [0.05, 0.1) is 7.11 Å². The van der Waals surface area contributed by atoms with Crippen LogP contribution in [0.1, 0.15) is 40.0 Å². The van der Waals surface area contributed by atoms with Crippen LogP contribution >= 0.6 is 0 Å². The number of nitrogens with zero attached hydrogens (tertiary/aromatic N) is 3. The quantitative estimate of drug-likeness (QED) is 0.897. The Balaban J connectivity index is 2.26. The third-order valence-corrected chi connectivity index (χ3v) is 3.94. The molecule has 2 heterocycles. The Hall–Kier alpha value is -1.52. The van der Waals surface area contributed by atoms with Gasteiger partial charge in [0.1, 0.15) is 6.33 Å². The number of ether oxygens (including phenoxy) is 1. The second kappa shape index (κ2) is 6.77. The van der Waals surface area contributed by atoms with Crippen LogP contribution in [0.3, 0.4) is 0 Å². The maximum absolute atomic E-state index is 5.57. The first-order chi connectivity index (χ1) is 9.67. The molecule has 1 aliphatic heterocycles. The monoisotopic (exact) mass is 278 g/mol. The third-order valence-electron chi connectivity index (χ3n) is 3.94. The van der Waals surface area contributed by atoms with Crippen LogP contribution in [0.5, 0.6) is 5.75 Å². The summed E-state index contributed by atoms with van der Waals surface area (Å²) in [6.07, 6.45) is 5.08. The van der Waals surface area contributed by atoms with E-state index < -0.39 is 0 Å². The molecule has 1 fully saturated rings. The number of anilines is 2. The first-order valence-electron chi connectivity index (χ1n) is 7.56. The van der Waals surface area contributed by atoms with Crippen LogP contribution in [-0.4, -0.2) is 36.2 Å². The number of aromatic nitrogens is 2. The van der Waals surface area contributed by atoms with Crippen LogP contribution < -0.4 is 15.0 Å². The van der Waals surface area contributed by atoms with Crippen molar-refractivity contribution in [1.29, 1.82) is 0 Å². The highest BCUT2D eigenvalue weighted by atomic mass is 16.5. The minimum absolute atomic E-state index is 0.488. The molecular formula is C15H26N4O. The summed E-state index contributed by atoms with van der Waals surface area (Å²) < 4.78 is 5.57. The fourth-order valence-corrected chi connectivity index (χ4v) is 2.85. The molecule has 0 saturated carbocycles. The van der Waals surface area contributed by atoms with Gasteiger partial charge >= 0.3 is 0 Å². The van der Waals surface area contributed by atoms with Gasteiger partial charge in [0.25, 0.3) is 0 Å². The number of hydrogen-bond donors (Lipinski definition) is 1. The SMILES string of the molecule is CCCNc1ncnc(N2CCC(C)CC2C)c1OC. The van der Waals surface area contributed by atoms with E-state index in [-0.39, 0.29) is 0 Å². The molecule has 0 spiro atoms. The van der Waals surface area contributed by atoms with Crippen molar-refractivity contribution in [3.05, 3.63) is 6.33 Å². The fraction of sp³-hybridized carbons (Fsp3) is 0.733. The summed E-state index contributed by atoms with van der Waals surface area (Å²) in [7, 11) is 1.69. The molecule has 5 nitrogen and oxygen atoms in total. The average molecular weight is 278 g/mol. The standard InChI is InChI=1S/C15H26N4O/c1-5-7-16-14-13(20-4)15(18-10-17-14)19-8-6-11(2)9-12(19)3/h10-12H,5-9H2,1-4H3,(H,16,17,18). The van der Waals surface area contributed by atoms with Gasteiger partial charge < -0.3 is 15.0 Å². The highest BCUT2D eigenvalue weighted by Gasteiger charge is 2.27. The third kappa shape index (κ3) is 3.14. The Labute approximate surface area is 121 Å². The molecule has 2 unspecified atom stereocenters. The maximum Gasteiger partial charge on any atom is 0.204 e. The van der Waals surface area contributed by atoms with Crippen molar-refractivity contribution in [3.8, 4) is 5.75 Å². The van der Waals surface area contributed by atoms with Gasteiger partial charge in [-0.1, -0.05) is 13.8 Å². The molecule has 0 bridgehead atoms. The zero-order valence-electron chi connectivity index (χ0n) is 13.0. The van der Waals surface area contributed by atoms with Crippen LogP contribution in [-0.2, 0) is 0 Å². The number of rotatable bonds is 5. The minimum atomic E-state index is 0.488. The van der Waals surface area contributed by atoms with E-state index >= 15 is 0 Å². The Morgan fingerprint density at radius 3 is 2.85 bits per heavy atom. The number of piperidine rings is 1. The highest BCUT2D eigenvalue weighted by molar-refractivity contribution is 5.65. The second-order valence-electron chi connectivity index (χ2n) is 5.68. The Bertz CT molecular complexity index is 438. The summed E-state index contributed by atoms with van der Waals surface area (Å²) in [4.78, 5) is 11.1. The van der Waals surface area contributed by atoms with E-state index in [2.05, 4.69) is 41.0 Å². The van der Waals surface area contributed by atoms with Gasteiger partial charge in [-0.2, -0.15) is 0 Å². The predicted octanol–water partition coefficient (Wildman–Crippen LogP) is 2.93. The van der Waals surface area contributed by atoms with Gasteiger partial charge in [-0.15, -0.1) is 0 Å². The van der Waals surface area contributed by atoms with Crippen LogP contribution in [0, 0.1) is 5.92 Å².